The van der Waals surface area contributed by atoms with Crippen molar-refractivity contribution in [2.45, 2.75) is 6.54 Å². The maximum Gasteiger partial charge on any atom is 0.131 e. The molecule has 21 heavy (non-hydrogen) atoms. The van der Waals surface area contributed by atoms with Gasteiger partial charge in [0.2, 0.25) is 0 Å². The molecule has 0 spiro atoms. The van der Waals surface area contributed by atoms with Crippen LogP contribution in [0.1, 0.15) is 5.56 Å². The van der Waals surface area contributed by atoms with Gasteiger partial charge in [0.05, 0.1) is 17.9 Å². The molecule has 0 amide bonds. The van der Waals surface area contributed by atoms with Gasteiger partial charge in [0.1, 0.15) is 11.5 Å². The van der Waals surface area contributed by atoms with Gasteiger partial charge in [-0.25, -0.2) is 4.98 Å². The van der Waals surface area contributed by atoms with Gasteiger partial charge in [-0.05, 0) is 17.7 Å². The highest BCUT2D eigenvalue weighted by atomic mass is 79.9. The lowest BCUT2D eigenvalue weighted by Gasteiger charge is -2.07. The predicted molar refractivity (Wildman–Crippen MR) is 90.3 cm³/mol. The zero-order valence-corrected chi connectivity index (χ0v) is 13.5. The van der Waals surface area contributed by atoms with Gasteiger partial charge >= 0.3 is 0 Å². The fourth-order valence-corrected chi connectivity index (χ4v) is 2.95. The van der Waals surface area contributed by atoms with E-state index in [1.807, 2.05) is 41.0 Å². The zero-order valence-electron chi connectivity index (χ0n) is 11.1. The predicted octanol–water partition coefficient (Wildman–Crippen LogP) is 4.60. The van der Waals surface area contributed by atoms with Gasteiger partial charge in [0, 0.05) is 10.0 Å². The van der Waals surface area contributed by atoms with Gasteiger partial charge in [-0.15, -0.1) is 0 Å². The van der Waals surface area contributed by atoms with Gasteiger partial charge < -0.3 is 10.3 Å². The molecule has 0 aliphatic rings. The highest BCUT2D eigenvalue weighted by Crippen LogP contribution is 2.32. The lowest BCUT2D eigenvalue weighted by molar-refractivity contribution is 0.808. The van der Waals surface area contributed by atoms with Crippen molar-refractivity contribution in [2.24, 2.45) is 0 Å². The van der Waals surface area contributed by atoms with E-state index < -0.39 is 0 Å². The molecular weight excluding hydrogens is 350 g/mol. The Morgan fingerprint density at radius 2 is 1.90 bits per heavy atom. The number of hydrogen-bond donors (Lipinski definition) is 1. The zero-order chi connectivity index (χ0) is 14.8. The lowest BCUT2D eigenvalue weighted by Crippen LogP contribution is -2.03. The van der Waals surface area contributed by atoms with Crippen molar-refractivity contribution in [3.8, 4) is 11.3 Å². The fourth-order valence-electron chi connectivity index (χ4n) is 2.19. The molecule has 1 heterocycles. The lowest BCUT2D eigenvalue weighted by atomic mass is 10.1. The first kappa shape index (κ1) is 14.2. The van der Waals surface area contributed by atoms with Gasteiger partial charge in [-0.2, -0.15) is 0 Å². The Kier molecular flexibility index (Phi) is 3.99. The number of nitrogens with zero attached hydrogens (tertiary/aromatic N) is 2. The fraction of sp³-hybridized carbons (Fsp3) is 0.0625. The summed E-state index contributed by atoms with van der Waals surface area (Å²) < 4.78 is 2.85. The number of nitrogen functional groups attached to an aromatic ring is 1. The Morgan fingerprint density at radius 3 is 2.62 bits per heavy atom. The van der Waals surface area contributed by atoms with E-state index in [2.05, 4.69) is 33.0 Å². The highest BCUT2D eigenvalue weighted by molar-refractivity contribution is 9.10. The van der Waals surface area contributed by atoms with Crippen LogP contribution >= 0.6 is 27.5 Å². The van der Waals surface area contributed by atoms with Crippen LogP contribution in [0.3, 0.4) is 0 Å². The number of benzene rings is 2. The number of anilines is 1. The summed E-state index contributed by atoms with van der Waals surface area (Å²) in [7, 11) is 0. The molecule has 106 valence electrons. The van der Waals surface area contributed by atoms with Crippen molar-refractivity contribution >= 4 is 33.3 Å². The standard InChI is InChI=1S/C16H13BrClN3/c17-12-6-7-13(14(18)8-12)15-16(19)21(10-20-15)9-11-4-2-1-3-5-11/h1-8,10H,9,19H2. The van der Waals surface area contributed by atoms with E-state index in [0.717, 1.165) is 10.0 Å². The van der Waals surface area contributed by atoms with Gasteiger partial charge in [0.15, 0.2) is 0 Å². The molecule has 2 aromatic carbocycles. The SMILES string of the molecule is Nc1c(-c2ccc(Br)cc2Cl)ncn1Cc1ccccc1. The average molecular weight is 363 g/mol. The van der Waals surface area contributed by atoms with Crippen LogP contribution in [-0.2, 0) is 6.54 Å². The summed E-state index contributed by atoms with van der Waals surface area (Å²) in [5, 5.41) is 0.626. The molecular formula is C16H13BrClN3. The molecule has 5 heteroatoms. The van der Waals surface area contributed by atoms with Gasteiger partial charge in [-0.1, -0.05) is 63.9 Å². The normalized spacial score (nSPS) is 10.8. The largest absolute Gasteiger partial charge is 0.383 e. The molecule has 3 nitrogen and oxygen atoms in total. The van der Waals surface area contributed by atoms with E-state index in [1.54, 1.807) is 6.33 Å². The second-order valence-corrected chi connectivity index (χ2v) is 6.04. The summed E-state index contributed by atoms with van der Waals surface area (Å²) in [6.45, 7) is 0.688. The summed E-state index contributed by atoms with van der Waals surface area (Å²) in [5.74, 6) is 0.614. The third-order valence-corrected chi connectivity index (χ3v) is 4.07. The Bertz CT molecular complexity index is 768. The summed E-state index contributed by atoms with van der Waals surface area (Å²) in [5.41, 5.74) is 8.94. The van der Waals surface area contributed by atoms with E-state index in [-0.39, 0.29) is 0 Å². The second-order valence-electron chi connectivity index (χ2n) is 4.72. The van der Waals surface area contributed by atoms with Crippen LogP contribution in [-0.4, -0.2) is 9.55 Å². The van der Waals surface area contributed by atoms with Crippen LogP contribution < -0.4 is 5.73 Å². The number of imidazole rings is 1. The minimum Gasteiger partial charge on any atom is -0.383 e. The van der Waals surface area contributed by atoms with Crippen LogP contribution in [0.5, 0.6) is 0 Å². The number of hydrogen-bond acceptors (Lipinski definition) is 2. The summed E-state index contributed by atoms with van der Waals surface area (Å²) in [4.78, 5) is 4.41. The average Bonchev–Trinajstić information content (AvgIpc) is 2.82. The first-order chi connectivity index (χ1) is 10.1. The molecule has 0 saturated heterocycles. The molecule has 0 atom stereocenters. The summed E-state index contributed by atoms with van der Waals surface area (Å²) >= 11 is 9.67. The molecule has 0 unspecified atom stereocenters. The van der Waals surface area contributed by atoms with Crippen LogP contribution in [0.4, 0.5) is 5.82 Å². The quantitative estimate of drug-likeness (QED) is 0.740. The van der Waals surface area contributed by atoms with Crippen LogP contribution in [0.2, 0.25) is 5.02 Å². The smallest absolute Gasteiger partial charge is 0.131 e. The Balaban J connectivity index is 1.96. The molecule has 0 saturated carbocycles. The monoisotopic (exact) mass is 361 g/mol. The first-order valence-corrected chi connectivity index (χ1v) is 7.62. The number of rotatable bonds is 3. The van der Waals surface area contributed by atoms with Crippen molar-refractivity contribution in [1.82, 2.24) is 9.55 Å². The minimum atomic E-state index is 0.614. The molecule has 0 aliphatic heterocycles. The molecule has 0 fully saturated rings. The molecule has 1 aromatic heterocycles. The van der Waals surface area contributed by atoms with Crippen LogP contribution in [0.15, 0.2) is 59.3 Å². The van der Waals surface area contributed by atoms with Crippen molar-refractivity contribution in [3.05, 3.63) is 69.9 Å². The van der Waals surface area contributed by atoms with Crippen molar-refractivity contribution in [3.63, 3.8) is 0 Å². The highest BCUT2D eigenvalue weighted by Gasteiger charge is 2.13. The summed E-state index contributed by atoms with van der Waals surface area (Å²) in [6, 6.07) is 15.8. The van der Waals surface area contributed by atoms with Crippen molar-refractivity contribution in [2.75, 3.05) is 5.73 Å². The Morgan fingerprint density at radius 1 is 1.14 bits per heavy atom. The third kappa shape index (κ3) is 2.96. The van der Waals surface area contributed by atoms with E-state index in [0.29, 0.717) is 23.1 Å². The number of aromatic nitrogens is 2. The second kappa shape index (κ2) is 5.92. The van der Waals surface area contributed by atoms with Crippen LogP contribution in [0, 0.1) is 0 Å². The topological polar surface area (TPSA) is 43.8 Å². The van der Waals surface area contributed by atoms with E-state index in [9.17, 15) is 0 Å². The third-order valence-electron chi connectivity index (χ3n) is 3.26. The molecule has 3 aromatic rings. The molecule has 0 bridgehead atoms. The molecule has 3 rings (SSSR count). The van der Waals surface area contributed by atoms with Crippen LogP contribution in [0.25, 0.3) is 11.3 Å². The Labute approximate surface area is 136 Å². The van der Waals surface area contributed by atoms with Gasteiger partial charge in [-0.3, -0.25) is 0 Å². The van der Waals surface area contributed by atoms with Crippen molar-refractivity contribution in [1.29, 1.82) is 0 Å². The van der Waals surface area contributed by atoms with Crippen molar-refractivity contribution < 1.29 is 0 Å². The number of halogens is 2. The minimum absolute atomic E-state index is 0.614. The van der Waals surface area contributed by atoms with E-state index >= 15 is 0 Å². The maximum absolute atomic E-state index is 6.27. The molecule has 0 aliphatic carbocycles. The molecule has 0 radical (unpaired) electrons. The first-order valence-electron chi connectivity index (χ1n) is 6.45. The van der Waals surface area contributed by atoms with Gasteiger partial charge in [0.25, 0.3) is 0 Å². The maximum atomic E-state index is 6.27. The Hall–Kier alpha value is -1.78. The van der Waals surface area contributed by atoms with E-state index in [4.69, 9.17) is 17.3 Å². The van der Waals surface area contributed by atoms with E-state index in [1.165, 1.54) is 5.56 Å². The summed E-state index contributed by atoms with van der Waals surface area (Å²) in [6.07, 6.45) is 1.75. The molecule has 2 N–H and O–H groups in total. The number of nitrogens with two attached hydrogens (primary N) is 1.